The zero-order valence-electron chi connectivity index (χ0n) is 16.8. The Kier molecular flexibility index (Phi) is 10.3. The highest BCUT2D eigenvalue weighted by Crippen LogP contribution is 2.18. The van der Waals surface area contributed by atoms with E-state index in [1.165, 1.54) is 19.3 Å². The first kappa shape index (κ1) is 21.2. The van der Waals surface area contributed by atoms with Crippen LogP contribution < -0.4 is 5.32 Å². The highest BCUT2D eigenvalue weighted by atomic mass is 16.5. The predicted octanol–water partition coefficient (Wildman–Crippen LogP) is 2.82. The van der Waals surface area contributed by atoms with Gasteiger partial charge in [0.1, 0.15) is 0 Å². The van der Waals surface area contributed by atoms with Crippen LogP contribution in [-0.4, -0.2) is 74.8 Å². The van der Waals surface area contributed by atoms with Crippen LogP contribution in [0.5, 0.6) is 0 Å². The Morgan fingerprint density at radius 1 is 1.12 bits per heavy atom. The highest BCUT2D eigenvalue weighted by Gasteiger charge is 2.16. The van der Waals surface area contributed by atoms with Gasteiger partial charge in [0.05, 0.1) is 0 Å². The molecule has 1 heterocycles. The average molecular weight is 341 g/mol. The van der Waals surface area contributed by atoms with Crippen LogP contribution in [-0.2, 0) is 4.74 Å². The molecule has 1 rings (SSSR count). The Morgan fingerprint density at radius 2 is 1.75 bits per heavy atom. The van der Waals surface area contributed by atoms with E-state index in [0.29, 0.717) is 12.1 Å². The van der Waals surface area contributed by atoms with Crippen LogP contribution in [0.4, 0.5) is 0 Å². The number of ether oxygens (including phenoxy) is 1. The molecule has 0 spiro atoms. The van der Waals surface area contributed by atoms with Crippen LogP contribution in [0.15, 0.2) is 4.99 Å². The number of nitrogens with one attached hydrogen (secondary N) is 1. The molecule has 24 heavy (non-hydrogen) atoms. The van der Waals surface area contributed by atoms with Crippen molar-refractivity contribution < 1.29 is 4.74 Å². The molecule has 0 bridgehead atoms. The first-order chi connectivity index (χ1) is 11.5. The normalized spacial score (nSPS) is 17.1. The van der Waals surface area contributed by atoms with Gasteiger partial charge in [-0.3, -0.25) is 9.89 Å². The average Bonchev–Trinajstić information content (AvgIpc) is 2.56. The lowest BCUT2D eigenvalue weighted by Gasteiger charge is -2.31. The summed E-state index contributed by atoms with van der Waals surface area (Å²) in [6, 6.07) is 1.21. The van der Waals surface area contributed by atoms with Crippen molar-refractivity contribution in [1.29, 1.82) is 0 Å². The summed E-state index contributed by atoms with van der Waals surface area (Å²) in [5.41, 5.74) is 0. The monoisotopic (exact) mass is 340 g/mol. The fourth-order valence-electron chi connectivity index (χ4n) is 3.48. The summed E-state index contributed by atoms with van der Waals surface area (Å²) in [6.07, 6.45) is 4.79. The number of hydrogen-bond acceptors (Lipinski definition) is 3. The summed E-state index contributed by atoms with van der Waals surface area (Å²) in [6.45, 7) is 14.1. The summed E-state index contributed by atoms with van der Waals surface area (Å²) in [5, 5.41) is 3.51. The van der Waals surface area contributed by atoms with E-state index in [-0.39, 0.29) is 0 Å². The summed E-state index contributed by atoms with van der Waals surface area (Å²) < 4.78 is 5.44. The molecule has 0 radical (unpaired) electrons. The quantitative estimate of drug-likeness (QED) is 0.398. The van der Waals surface area contributed by atoms with Crippen molar-refractivity contribution in [2.24, 2.45) is 10.9 Å². The van der Waals surface area contributed by atoms with Gasteiger partial charge in [0.25, 0.3) is 0 Å². The zero-order valence-corrected chi connectivity index (χ0v) is 16.8. The van der Waals surface area contributed by atoms with Crippen LogP contribution in [0.2, 0.25) is 0 Å². The highest BCUT2D eigenvalue weighted by molar-refractivity contribution is 5.79. The second kappa shape index (κ2) is 11.7. The third-order valence-electron chi connectivity index (χ3n) is 4.99. The summed E-state index contributed by atoms with van der Waals surface area (Å²) >= 11 is 0. The minimum atomic E-state index is 0.603. The van der Waals surface area contributed by atoms with Gasteiger partial charge in [-0.15, -0.1) is 0 Å². The van der Waals surface area contributed by atoms with E-state index in [1.54, 1.807) is 0 Å². The second-order valence-corrected chi connectivity index (χ2v) is 7.52. The molecular formula is C19H40N4O. The molecule has 0 aromatic rings. The van der Waals surface area contributed by atoms with Crippen LogP contribution in [0.25, 0.3) is 0 Å². The first-order valence-corrected chi connectivity index (χ1v) is 9.71. The minimum absolute atomic E-state index is 0.603. The zero-order chi connectivity index (χ0) is 17.9. The Balaban J connectivity index is 2.25. The Bertz CT molecular complexity index is 343. The van der Waals surface area contributed by atoms with Crippen LogP contribution >= 0.6 is 0 Å². The molecule has 1 saturated heterocycles. The van der Waals surface area contributed by atoms with E-state index in [4.69, 9.17) is 4.74 Å². The van der Waals surface area contributed by atoms with Gasteiger partial charge >= 0.3 is 0 Å². The third kappa shape index (κ3) is 7.84. The molecule has 5 heteroatoms. The number of aliphatic imine (C=N–C) groups is 1. The van der Waals surface area contributed by atoms with Crippen molar-refractivity contribution in [3.63, 3.8) is 0 Å². The molecule has 0 atom stereocenters. The van der Waals surface area contributed by atoms with Gasteiger partial charge in [0.15, 0.2) is 5.96 Å². The standard InChI is InChI=1S/C19H40N4O/c1-16(2)23(17(3)4)12-7-11-21-19(20-5)22(6)13-8-18-9-14-24-15-10-18/h16-18H,7-15H2,1-6H3,(H,20,21). The van der Waals surface area contributed by atoms with Gasteiger partial charge in [-0.25, -0.2) is 0 Å². The van der Waals surface area contributed by atoms with E-state index >= 15 is 0 Å². The van der Waals surface area contributed by atoms with Gasteiger partial charge < -0.3 is 15.0 Å². The lowest BCUT2D eigenvalue weighted by molar-refractivity contribution is 0.0625. The van der Waals surface area contributed by atoms with E-state index in [1.807, 2.05) is 7.05 Å². The van der Waals surface area contributed by atoms with Gasteiger partial charge in [-0.1, -0.05) is 0 Å². The smallest absolute Gasteiger partial charge is 0.193 e. The molecule has 142 valence electrons. The van der Waals surface area contributed by atoms with E-state index < -0.39 is 0 Å². The van der Waals surface area contributed by atoms with Crippen LogP contribution in [0.3, 0.4) is 0 Å². The largest absolute Gasteiger partial charge is 0.381 e. The fourth-order valence-corrected chi connectivity index (χ4v) is 3.48. The molecule has 0 unspecified atom stereocenters. The molecule has 5 nitrogen and oxygen atoms in total. The van der Waals surface area contributed by atoms with E-state index in [0.717, 1.165) is 51.1 Å². The predicted molar refractivity (Wildman–Crippen MR) is 104 cm³/mol. The maximum Gasteiger partial charge on any atom is 0.193 e. The molecule has 0 saturated carbocycles. The Hall–Kier alpha value is -0.810. The number of guanidine groups is 1. The number of nitrogens with zero attached hydrogens (tertiary/aromatic N) is 3. The summed E-state index contributed by atoms with van der Waals surface area (Å²) in [5.74, 6) is 1.83. The molecule has 0 aliphatic carbocycles. The Labute approximate surface area is 149 Å². The van der Waals surface area contributed by atoms with Crippen molar-refractivity contribution in [3.05, 3.63) is 0 Å². The van der Waals surface area contributed by atoms with Crippen LogP contribution in [0, 0.1) is 5.92 Å². The first-order valence-electron chi connectivity index (χ1n) is 9.71. The maximum atomic E-state index is 5.44. The summed E-state index contributed by atoms with van der Waals surface area (Å²) in [7, 11) is 4.02. The number of hydrogen-bond donors (Lipinski definition) is 1. The lowest BCUT2D eigenvalue weighted by Crippen LogP contribution is -2.42. The van der Waals surface area contributed by atoms with Crippen molar-refractivity contribution in [2.45, 2.75) is 65.5 Å². The SMILES string of the molecule is CN=C(NCCCN(C(C)C)C(C)C)N(C)CCC1CCOCC1. The molecule has 1 fully saturated rings. The molecule has 1 N–H and O–H groups in total. The van der Waals surface area contributed by atoms with E-state index in [9.17, 15) is 0 Å². The van der Waals surface area contributed by atoms with Gasteiger partial charge in [-0.05, 0) is 59.3 Å². The van der Waals surface area contributed by atoms with E-state index in [2.05, 4.69) is 54.9 Å². The molecule has 1 aliphatic heterocycles. The topological polar surface area (TPSA) is 40.1 Å². The molecule has 0 aromatic heterocycles. The van der Waals surface area contributed by atoms with Crippen molar-refractivity contribution in [3.8, 4) is 0 Å². The Morgan fingerprint density at radius 3 is 2.29 bits per heavy atom. The van der Waals surface area contributed by atoms with Crippen molar-refractivity contribution in [2.75, 3.05) is 46.9 Å². The van der Waals surface area contributed by atoms with Gasteiger partial charge in [-0.2, -0.15) is 0 Å². The molecule has 0 amide bonds. The maximum absolute atomic E-state index is 5.44. The lowest BCUT2D eigenvalue weighted by atomic mass is 9.96. The van der Waals surface area contributed by atoms with Crippen LogP contribution in [0.1, 0.15) is 53.4 Å². The second-order valence-electron chi connectivity index (χ2n) is 7.52. The third-order valence-corrected chi connectivity index (χ3v) is 4.99. The van der Waals surface area contributed by atoms with Gasteiger partial charge in [0.2, 0.25) is 0 Å². The van der Waals surface area contributed by atoms with Crippen molar-refractivity contribution >= 4 is 5.96 Å². The fraction of sp³-hybridized carbons (Fsp3) is 0.947. The minimum Gasteiger partial charge on any atom is -0.381 e. The number of rotatable bonds is 9. The van der Waals surface area contributed by atoms with Gasteiger partial charge in [0, 0.05) is 59.0 Å². The summed E-state index contributed by atoms with van der Waals surface area (Å²) in [4.78, 5) is 9.23. The molecular weight excluding hydrogens is 300 g/mol. The van der Waals surface area contributed by atoms with Crippen molar-refractivity contribution in [1.82, 2.24) is 15.1 Å². The molecule has 1 aliphatic rings. The molecule has 0 aromatic carbocycles.